The molecule has 0 aliphatic heterocycles. The van der Waals surface area contributed by atoms with Crippen LogP contribution in [0.3, 0.4) is 0 Å². The van der Waals surface area contributed by atoms with Crippen LogP contribution in [0.15, 0.2) is 12.4 Å². The molecule has 2 heterocycles. The summed E-state index contributed by atoms with van der Waals surface area (Å²) in [7, 11) is 1.31. The topological polar surface area (TPSA) is 95.8 Å². The normalized spacial score (nSPS) is 14.5. The van der Waals surface area contributed by atoms with E-state index >= 15 is 0 Å². The van der Waals surface area contributed by atoms with Crippen LogP contribution >= 0.6 is 0 Å². The van der Waals surface area contributed by atoms with E-state index < -0.39 is 29.9 Å². The third-order valence-electron chi connectivity index (χ3n) is 3.82. The Morgan fingerprint density at radius 2 is 2.08 bits per heavy atom. The number of aryl methyl sites for hydroxylation is 3. The molecule has 2 rings (SSSR count). The Kier molecular flexibility index (Phi) is 4.70. The first kappa shape index (κ1) is 18.0. The summed E-state index contributed by atoms with van der Waals surface area (Å²) in [6.45, 7) is 3.47. The van der Waals surface area contributed by atoms with E-state index in [1.165, 1.54) is 13.2 Å². The first-order valence-corrected chi connectivity index (χ1v) is 7.10. The molecule has 7 nitrogen and oxygen atoms in total. The highest BCUT2D eigenvalue weighted by Gasteiger charge is 2.58. The predicted molar refractivity (Wildman–Crippen MR) is 77.7 cm³/mol. The van der Waals surface area contributed by atoms with Crippen LogP contribution in [0, 0.1) is 13.8 Å². The second-order valence-corrected chi connectivity index (χ2v) is 5.59. The van der Waals surface area contributed by atoms with Gasteiger partial charge in [-0.05, 0) is 13.8 Å². The highest BCUT2D eigenvalue weighted by Crippen LogP contribution is 2.40. The Labute approximate surface area is 135 Å². The van der Waals surface area contributed by atoms with Crippen molar-refractivity contribution in [3.05, 3.63) is 35.2 Å². The standard InChI is InChI=1S/C14H18F3N5O2/c1-8-10(9(2)21-20-8)7-19-11(23)6-13(24,14(15,16)17)12-18-4-5-22(12)3/h4-5,24H,6-7H2,1-3H3,(H,19,23)(H,20,21). The molecule has 1 unspecified atom stereocenters. The Morgan fingerprint density at radius 1 is 1.42 bits per heavy atom. The third-order valence-corrected chi connectivity index (χ3v) is 3.82. The molecule has 10 heteroatoms. The molecule has 0 spiro atoms. The number of aromatic amines is 1. The molecule has 0 aliphatic carbocycles. The zero-order valence-corrected chi connectivity index (χ0v) is 13.4. The van der Waals surface area contributed by atoms with Crippen LogP contribution in [0.25, 0.3) is 0 Å². The predicted octanol–water partition coefficient (Wildman–Crippen LogP) is 1.22. The molecule has 0 radical (unpaired) electrons. The number of amides is 1. The fraction of sp³-hybridized carbons (Fsp3) is 0.500. The fourth-order valence-electron chi connectivity index (χ4n) is 2.39. The van der Waals surface area contributed by atoms with Gasteiger partial charge in [0, 0.05) is 37.2 Å². The average molecular weight is 345 g/mol. The minimum Gasteiger partial charge on any atom is -0.374 e. The highest BCUT2D eigenvalue weighted by atomic mass is 19.4. The number of H-pyrrole nitrogens is 1. The quantitative estimate of drug-likeness (QED) is 0.759. The van der Waals surface area contributed by atoms with Gasteiger partial charge in [-0.3, -0.25) is 9.89 Å². The van der Waals surface area contributed by atoms with E-state index in [9.17, 15) is 23.1 Å². The van der Waals surface area contributed by atoms with Gasteiger partial charge in [0.05, 0.1) is 12.1 Å². The van der Waals surface area contributed by atoms with Crippen molar-refractivity contribution in [3.63, 3.8) is 0 Å². The van der Waals surface area contributed by atoms with Crippen LogP contribution < -0.4 is 5.32 Å². The number of halogens is 3. The summed E-state index contributed by atoms with van der Waals surface area (Å²) in [4.78, 5) is 15.5. The number of hydrogen-bond acceptors (Lipinski definition) is 4. The molecule has 0 bridgehead atoms. The van der Waals surface area contributed by atoms with Crippen molar-refractivity contribution in [2.45, 2.75) is 38.6 Å². The van der Waals surface area contributed by atoms with Crippen LogP contribution in [-0.2, 0) is 24.0 Å². The van der Waals surface area contributed by atoms with E-state index in [1.54, 1.807) is 13.8 Å². The summed E-state index contributed by atoms with van der Waals surface area (Å²) < 4.78 is 41.1. The zero-order valence-electron chi connectivity index (χ0n) is 13.4. The van der Waals surface area contributed by atoms with Crippen molar-refractivity contribution in [1.29, 1.82) is 0 Å². The SMILES string of the molecule is Cc1n[nH]c(C)c1CNC(=O)CC(O)(c1nccn1C)C(F)(F)F. The highest BCUT2D eigenvalue weighted by molar-refractivity contribution is 5.77. The average Bonchev–Trinajstić information content (AvgIpc) is 3.02. The van der Waals surface area contributed by atoms with E-state index in [0.29, 0.717) is 17.0 Å². The largest absolute Gasteiger partial charge is 0.425 e. The summed E-state index contributed by atoms with van der Waals surface area (Å²) in [5, 5.41) is 19.2. The maximum atomic E-state index is 13.4. The van der Waals surface area contributed by atoms with Crippen molar-refractivity contribution in [1.82, 2.24) is 25.1 Å². The summed E-state index contributed by atoms with van der Waals surface area (Å²) in [5.74, 6) is -1.58. The smallest absolute Gasteiger partial charge is 0.374 e. The maximum absolute atomic E-state index is 13.4. The molecule has 132 valence electrons. The van der Waals surface area contributed by atoms with E-state index in [2.05, 4.69) is 20.5 Å². The maximum Gasteiger partial charge on any atom is 0.425 e. The van der Waals surface area contributed by atoms with Gasteiger partial charge in [0.1, 0.15) is 0 Å². The van der Waals surface area contributed by atoms with Gasteiger partial charge in [0.15, 0.2) is 5.82 Å². The monoisotopic (exact) mass is 345 g/mol. The van der Waals surface area contributed by atoms with Gasteiger partial charge < -0.3 is 15.0 Å². The molecule has 2 aromatic heterocycles. The summed E-state index contributed by atoms with van der Waals surface area (Å²) >= 11 is 0. The van der Waals surface area contributed by atoms with E-state index in [1.807, 2.05) is 0 Å². The summed E-state index contributed by atoms with van der Waals surface area (Å²) in [6.07, 6.45) is -3.84. The second kappa shape index (κ2) is 6.27. The molecule has 0 fully saturated rings. The second-order valence-electron chi connectivity index (χ2n) is 5.59. The number of alkyl halides is 3. The number of nitrogens with one attached hydrogen (secondary N) is 2. The lowest BCUT2D eigenvalue weighted by molar-refractivity contribution is -0.271. The molecule has 2 aromatic rings. The molecule has 3 N–H and O–H groups in total. The van der Waals surface area contributed by atoms with Crippen LogP contribution in [-0.4, -0.2) is 36.9 Å². The number of nitrogens with zero attached hydrogens (tertiary/aromatic N) is 3. The zero-order chi connectivity index (χ0) is 18.1. The summed E-state index contributed by atoms with van der Waals surface area (Å²) in [5.41, 5.74) is -1.32. The van der Waals surface area contributed by atoms with Gasteiger partial charge in [-0.1, -0.05) is 0 Å². The number of aromatic nitrogens is 4. The van der Waals surface area contributed by atoms with E-state index in [-0.39, 0.29) is 6.54 Å². The molecule has 0 aromatic carbocycles. The molecular formula is C14H18F3N5O2. The first-order chi connectivity index (χ1) is 11.1. The van der Waals surface area contributed by atoms with Crippen molar-refractivity contribution < 1.29 is 23.1 Å². The molecule has 0 saturated heterocycles. The number of aliphatic hydroxyl groups is 1. The van der Waals surface area contributed by atoms with Crippen molar-refractivity contribution in [3.8, 4) is 0 Å². The Bertz CT molecular complexity index is 718. The molecule has 1 atom stereocenters. The van der Waals surface area contributed by atoms with Gasteiger partial charge in [-0.25, -0.2) is 4.98 Å². The number of imidazole rings is 1. The van der Waals surface area contributed by atoms with Crippen LogP contribution in [0.2, 0.25) is 0 Å². The molecule has 1 amide bonds. The lowest BCUT2D eigenvalue weighted by atomic mass is 9.97. The Morgan fingerprint density at radius 3 is 2.54 bits per heavy atom. The molecule has 0 saturated carbocycles. The van der Waals surface area contributed by atoms with Crippen molar-refractivity contribution >= 4 is 5.91 Å². The molecular weight excluding hydrogens is 327 g/mol. The van der Waals surface area contributed by atoms with Gasteiger partial charge in [-0.15, -0.1) is 0 Å². The van der Waals surface area contributed by atoms with Crippen LogP contribution in [0.4, 0.5) is 13.2 Å². The van der Waals surface area contributed by atoms with E-state index in [0.717, 1.165) is 10.8 Å². The van der Waals surface area contributed by atoms with Gasteiger partial charge in [0.25, 0.3) is 0 Å². The fourth-order valence-corrected chi connectivity index (χ4v) is 2.39. The van der Waals surface area contributed by atoms with Gasteiger partial charge in [0.2, 0.25) is 11.5 Å². The number of hydrogen-bond donors (Lipinski definition) is 3. The summed E-state index contributed by atoms with van der Waals surface area (Å²) in [6, 6.07) is 0. The lowest BCUT2D eigenvalue weighted by Crippen LogP contribution is -2.47. The Hall–Kier alpha value is -2.36. The lowest BCUT2D eigenvalue weighted by Gasteiger charge is -2.29. The number of rotatable bonds is 5. The van der Waals surface area contributed by atoms with E-state index in [4.69, 9.17) is 0 Å². The first-order valence-electron chi connectivity index (χ1n) is 7.10. The number of carbonyl (C=O) groups is 1. The van der Waals surface area contributed by atoms with Crippen molar-refractivity contribution in [2.75, 3.05) is 0 Å². The van der Waals surface area contributed by atoms with Gasteiger partial charge >= 0.3 is 6.18 Å². The van der Waals surface area contributed by atoms with Gasteiger partial charge in [-0.2, -0.15) is 18.3 Å². The van der Waals surface area contributed by atoms with Crippen molar-refractivity contribution in [2.24, 2.45) is 7.05 Å². The van der Waals surface area contributed by atoms with Crippen LogP contribution in [0.1, 0.15) is 29.2 Å². The number of carbonyl (C=O) groups excluding carboxylic acids is 1. The third kappa shape index (κ3) is 3.28. The molecule has 0 aliphatic rings. The Balaban J connectivity index is 2.16. The van der Waals surface area contributed by atoms with Crippen LogP contribution in [0.5, 0.6) is 0 Å². The minimum atomic E-state index is -5.05. The molecule has 24 heavy (non-hydrogen) atoms. The minimum absolute atomic E-state index is 0.0154.